The monoisotopic (exact) mass is 715 g/mol. The predicted molar refractivity (Wildman–Crippen MR) is 217 cm³/mol. The van der Waals surface area contributed by atoms with E-state index in [1.54, 1.807) is 5.57 Å². The Hall–Kier alpha value is -0.429. The van der Waals surface area contributed by atoms with Gasteiger partial charge in [-0.1, -0.05) is 91.0 Å². The van der Waals surface area contributed by atoms with Crippen LogP contribution in [0.5, 0.6) is 0 Å². The molecule has 0 aliphatic heterocycles. The average molecular weight is 715 g/mol. The van der Waals surface area contributed by atoms with Crippen LogP contribution in [0.3, 0.4) is 0 Å². The first-order chi connectivity index (χ1) is 21.7. The highest BCUT2D eigenvalue weighted by molar-refractivity contribution is 6.74. The van der Waals surface area contributed by atoms with E-state index in [1.807, 2.05) is 0 Å². The molecular formula is C42H78O3Si3. The molecule has 0 aromatic rings. The molecule has 3 aliphatic rings. The minimum Gasteiger partial charge on any atom is -0.414 e. The van der Waals surface area contributed by atoms with Crippen LogP contribution in [-0.2, 0) is 13.3 Å². The largest absolute Gasteiger partial charge is 0.414 e. The fourth-order valence-corrected chi connectivity index (χ4v) is 12.9. The second kappa shape index (κ2) is 15.3. The van der Waals surface area contributed by atoms with Gasteiger partial charge < -0.3 is 13.3 Å². The Labute approximate surface area is 302 Å². The van der Waals surface area contributed by atoms with Crippen LogP contribution in [0, 0.1) is 35.0 Å². The van der Waals surface area contributed by atoms with E-state index in [4.69, 9.17) is 13.3 Å². The molecule has 3 rings (SSSR count). The molecule has 0 aromatic carbocycles. The first-order valence-electron chi connectivity index (χ1n) is 19.6. The van der Waals surface area contributed by atoms with Gasteiger partial charge in [-0.2, -0.15) is 0 Å². The maximum absolute atomic E-state index is 7.11. The summed E-state index contributed by atoms with van der Waals surface area (Å²) in [5.41, 5.74) is 3.24. The van der Waals surface area contributed by atoms with E-state index in [0.29, 0.717) is 17.3 Å². The maximum atomic E-state index is 7.11. The lowest BCUT2D eigenvalue weighted by molar-refractivity contribution is 0.00255. The normalized spacial score (nSPS) is 29.6. The predicted octanol–water partition coefficient (Wildman–Crippen LogP) is 13.1. The number of hydrogen-bond acceptors (Lipinski definition) is 3. The zero-order chi connectivity index (χ0) is 36.6. The third-order valence-corrected chi connectivity index (χ3v) is 23.1. The highest BCUT2D eigenvalue weighted by Crippen LogP contribution is 2.57. The molecule has 3 nitrogen and oxygen atoms in total. The summed E-state index contributed by atoms with van der Waals surface area (Å²) in [6, 6.07) is 0. The SMILES string of the molecule is C[C@H](CC#CC(C)(C)O[Si](C)(C)C)[C@H]1CCC[C@H]2/C(=C/C=C3C[C@@H](O[Si](C)(C)C(C)(C)C)C[C@H](O[Si](C)(C)C(C)(C)C)C3)CCC[C@]12C. The summed E-state index contributed by atoms with van der Waals surface area (Å²) >= 11 is 0. The molecule has 0 aromatic heterocycles. The summed E-state index contributed by atoms with van der Waals surface area (Å²) < 4.78 is 20.6. The molecule has 0 radical (unpaired) electrons. The van der Waals surface area contributed by atoms with Crippen molar-refractivity contribution in [2.75, 3.05) is 0 Å². The van der Waals surface area contributed by atoms with Crippen molar-refractivity contribution in [1.29, 1.82) is 0 Å². The molecule has 3 aliphatic carbocycles. The lowest BCUT2D eigenvalue weighted by atomic mass is 9.51. The van der Waals surface area contributed by atoms with Crippen LogP contribution in [0.2, 0.25) is 55.9 Å². The van der Waals surface area contributed by atoms with Gasteiger partial charge in [-0.15, -0.1) is 5.92 Å². The summed E-state index contributed by atoms with van der Waals surface area (Å²) in [6.07, 6.45) is 17.6. The Morgan fingerprint density at radius 2 is 1.35 bits per heavy atom. The van der Waals surface area contributed by atoms with Gasteiger partial charge in [-0.3, -0.25) is 0 Å². The van der Waals surface area contributed by atoms with Crippen LogP contribution < -0.4 is 0 Å². The second-order valence-electron chi connectivity index (χ2n) is 20.9. The molecule has 0 N–H and O–H groups in total. The van der Waals surface area contributed by atoms with E-state index in [0.717, 1.165) is 31.6 Å². The standard InChI is InChI=1S/C42H78O3Si3/c1-32(21-19-27-41(8,9)45-46(11,12)13)37-23-18-24-38-34(22-20-28-42(37,38)10)26-25-33-29-35(43-47(14,15)39(2,3)4)31-36(30-33)44-48(16,17)40(5,6)7/h25-26,32,35-38H,18,20-24,28-31H2,1-17H3/b34-26+/t32-,35-,36-,37-,38+,42-/m1/s1. The molecular weight excluding hydrogens is 637 g/mol. The smallest absolute Gasteiger partial charge is 0.192 e. The minimum absolute atomic E-state index is 0.205. The molecule has 6 heteroatoms. The maximum Gasteiger partial charge on any atom is 0.192 e. The van der Waals surface area contributed by atoms with E-state index >= 15 is 0 Å². The van der Waals surface area contributed by atoms with Crippen LogP contribution in [-0.4, -0.2) is 42.8 Å². The van der Waals surface area contributed by atoms with E-state index < -0.39 is 25.0 Å². The van der Waals surface area contributed by atoms with Crippen LogP contribution in [0.4, 0.5) is 0 Å². The fourth-order valence-electron chi connectivity index (χ4n) is 8.62. The van der Waals surface area contributed by atoms with Crippen molar-refractivity contribution in [3.8, 4) is 11.8 Å². The average Bonchev–Trinajstić information content (AvgIpc) is 2.87. The highest BCUT2D eigenvalue weighted by atomic mass is 28.4. The van der Waals surface area contributed by atoms with Gasteiger partial charge in [0.15, 0.2) is 25.0 Å². The Morgan fingerprint density at radius 1 is 0.812 bits per heavy atom. The number of allylic oxidation sites excluding steroid dienone is 3. The fraction of sp³-hybridized carbons (Fsp3) is 0.857. The van der Waals surface area contributed by atoms with Gasteiger partial charge in [0.25, 0.3) is 0 Å². The Balaban J connectivity index is 1.84. The van der Waals surface area contributed by atoms with Gasteiger partial charge >= 0.3 is 0 Å². The molecule has 276 valence electrons. The van der Waals surface area contributed by atoms with Crippen molar-refractivity contribution >= 4 is 25.0 Å². The molecule has 0 heterocycles. The zero-order valence-electron chi connectivity index (χ0n) is 34.8. The van der Waals surface area contributed by atoms with Crippen molar-refractivity contribution in [2.24, 2.45) is 23.2 Å². The topological polar surface area (TPSA) is 27.7 Å². The van der Waals surface area contributed by atoms with Crippen molar-refractivity contribution in [1.82, 2.24) is 0 Å². The van der Waals surface area contributed by atoms with Gasteiger partial charge in [0.2, 0.25) is 0 Å². The number of rotatable bonds is 9. The van der Waals surface area contributed by atoms with Crippen molar-refractivity contribution in [3.63, 3.8) is 0 Å². The molecule has 0 unspecified atom stereocenters. The second-order valence-corrected chi connectivity index (χ2v) is 34.8. The summed E-state index contributed by atoms with van der Waals surface area (Å²) in [5, 5.41) is 0.410. The van der Waals surface area contributed by atoms with Crippen LogP contribution in [0.1, 0.15) is 133 Å². The first kappa shape index (κ1) is 42.0. The van der Waals surface area contributed by atoms with Gasteiger partial charge in [-0.25, -0.2) is 0 Å². The Bertz CT molecular complexity index is 1180. The van der Waals surface area contributed by atoms with Gasteiger partial charge in [0.05, 0.1) is 12.2 Å². The van der Waals surface area contributed by atoms with Gasteiger partial charge in [0, 0.05) is 6.42 Å². The van der Waals surface area contributed by atoms with Crippen molar-refractivity contribution in [3.05, 3.63) is 23.3 Å². The van der Waals surface area contributed by atoms with Gasteiger partial charge in [-0.05, 0) is 144 Å². The molecule has 0 spiro atoms. The lowest BCUT2D eigenvalue weighted by Gasteiger charge is -2.53. The van der Waals surface area contributed by atoms with E-state index in [2.05, 4.69) is 139 Å². The third-order valence-electron chi connectivity index (χ3n) is 12.9. The molecule has 0 saturated heterocycles. The summed E-state index contributed by atoms with van der Waals surface area (Å²) in [6.45, 7) is 40.0. The molecule has 48 heavy (non-hydrogen) atoms. The first-order valence-corrected chi connectivity index (χ1v) is 28.8. The molecule has 0 amide bonds. The van der Waals surface area contributed by atoms with Crippen molar-refractivity contribution in [2.45, 2.75) is 207 Å². The van der Waals surface area contributed by atoms with Crippen LogP contribution in [0.25, 0.3) is 0 Å². The number of hydrogen-bond donors (Lipinski definition) is 0. The molecule has 3 saturated carbocycles. The summed E-state index contributed by atoms with van der Waals surface area (Å²) in [5.74, 6) is 9.13. The Morgan fingerprint density at radius 3 is 1.85 bits per heavy atom. The molecule has 6 atom stereocenters. The highest BCUT2D eigenvalue weighted by Gasteiger charge is 2.48. The molecule has 3 fully saturated rings. The van der Waals surface area contributed by atoms with E-state index in [1.165, 1.54) is 44.1 Å². The van der Waals surface area contributed by atoms with Gasteiger partial charge in [0.1, 0.15) is 5.60 Å². The summed E-state index contributed by atoms with van der Waals surface area (Å²) in [4.78, 5) is 0. The van der Waals surface area contributed by atoms with Crippen molar-refractivity contribution < 1.29 is 13.3 Å². The lowest BCUT2D eigenvalue weighted by Crippen LogP contribution is -2.48. The third kappa shape index (κ3) is 11.0. The summed E-state index contributed by atoms with van der Waals surface area (Å²) in [7, 11) is -5.41. The zero-order valence-corrected chi connectivity index (χ0v) is 37.8. The quantitative estimate of drug-likeness (QED) is 0.176. The Kier molecular flexibility index (Phi) is 13.4. The van der Waals surface area contributed by atoms with E-state index in [-0.39, 0.29) is 27.9 Å². The minimum atomic E-state index is -1.89. The molecule has 0 bridgehead atoms. The van der Waals surface area contributed by atoms with Crippen LogP contribution in [0.15, 0.2) is 23.3 Å². The van der Waals surface area contributed by atoms with Crippen LogP contribution >= 0.6 is 0 Å². The number of fused-ring (bicyclic) bond motifs is 1. The van der Waals surface area contributed by atoms with E-state index in [9.17, 15) is 0 Å².